The summed E-state index contributed by atoms with van der Waals surface area (Å²) in [6, 6.07) is 5.48. The lowest BCUT2D eigenvalue weighted by Gasteiger charge is -2.14. The zero-order valence-electron chi connectivity index (χ0n) is 13.1. The number of nitrogens with zero attached hydrogens (tertiary/aromatic N) is 1. The van der Waals surface area contributed by atoms with Crippen LogP contribution in [0.25, 0.3) is 6.08 Å². The Balaban J connectivity index is 2.68. The van der Waals surface area contributed by atoms with Gasteiger partial charge in [0.05, 0.1) is 14.2 Å². The Morgan fingerprint density at radius 3 is 2.29 bits per heavy atom. The van der Waals surface area contributed by atoms with Crippen LogP contribution in [0.1, 0.15) is 12.0 Å². The molecule has 0 fully saturated rings. The van der Waals surface area contributed by atoms with E-state index in [0.717, 1.165) is 12.0 Å². The second kappa shape index (κ2) is 9.02. The monoisotopic (exact) mass is 293 g/mol. The minimum atomic E-state index is -0.0483. The number of likely N-dealkylation sites (N-methyl/N-ethyl adjacent to an activating group) is 1. The van der Waals surface area contributed by atoms with Gasteiger partial charge in [-0.2, -0.15) is 0 Å². The Labute approximate surface area is 126 Å². The second-order valence-corrected chi connectivity index (χ2v) is 4.59. The molecule has 5 nitrogen and oxygen atoms in total. The van der Waals surface area contributed by atoms with Gasteiger partial charge in [0.15, 0.2) is 0 Å². The van der Waals surface area contributed by atoms with Crippen LogP contribution in [0.15, 0.2) is 24.3 Å². The summed E-state index contributed by atoms with van der Waals surface area (Å²) in [5.41, 5.74) is 0.852. The van der Waals surface area contributed by atoms with E-state index < -0.39 is 0 Å². The van der Waals surface area contributed by atoms with Crippen LogP contribution in [0.3, 0.4) is 0 Å². The highest BCUT2D eigenvalue weighted by Gasteiger charge is 2.05. The molecule has 0 saturated carbocycles. The molecule has 0 N–H and O–H groups in total. The van der Waals surface area contributed by atoms with Gasteiger partial charge < -0.3 is 19.1 Å². The first-order valence-electron chi connectivity index (χ1n) is 6.76. The van der Waals surface area contributed by atoms with Gasteiger partial charge >= 0.3 is 0 Å². The van der Waals surface area contributed by atoms with Crippen LogP contribution in [0.2, 0.25) is 0 Å². The second-order valence-electron chi connectivity index (χ2n) is 4.59. The largest absolute Gasteiger partial charge is 0.497 e. The highest BCUT2D eigenvalue weighted by atomic mass is 16.5. The van der Waals surface area contributed by atoms with Gasteiger partial charge in [-0.25, -0.2) is 0 Å². The van der Waals surface area contributed by atoms with Gasteiger partial charge in [0.25, 0.3) is 0 Å². The number of hydrogen-bond donors (Lipinski definition) is 0. The van der Waals surface area contributed by atoms with Crippen molar-refractivity contribution < 1.29 is 19.0 Å². The first-order chi connectivity index (χ1) is 10.1. The molecule has 0 aliphatic heterocycles. The zero-order chi connectivity index (χ0) is 15.7. The number of benzene rings is 1. The van der Waals surface area contributed by atoms with Crippen molar-refractivity contribution in [3.05, 3.63) is 29.8 Å². The molecule has 0 aliphatic carbocycles. The fraction of sp³-hybridized carbons (Fsp3) is 0.438. The van der Waals surface area contributed by atoms with Gasteiger partial charge in [0.2, 0.25) is 5.91 Å². The summed E-state index contributed by atoms with van der Waals surface area (Å²) in [4.78, 5) is 13.6. The third kappa shape index (κ3) is 5.87. The van der Waals surface area contributed by atoms with E-state index in [1.807, 2.05) is 12.1 Å². The Kier molecular flexibility index (Phi) is 7.32. The van der Waals surface area contributed by atoms with Crippen molar-refractivity contribution in [1.82, 2.24) is 4.90 Å². The molecule has 0 heterocycles. The Hall–Kier alpha value is -2.01. The molecule has 0 spiro atoms. The van der Waals surface area contributed by atoms with E-state index in [1.54, 1.807) is 51.5 Å². The lowest BCUT2D eigenvalue weighted by Crippen LogP contribution is -2.26. The Morgan fingerprint density at radius 2 is 1.76 bits per heavy atom. The summed E-state index contributed by atoms with van der Waals surface area (Å²) in [5, 5.41) is 0. The standard InChI is InChI=1S/C16H23NO4/c1-17(8-5-9-19-2)16(18)7-6-13-10-14(20-3)12-15(11-13)21-4/h6-7,10-12H,5,8-9H2,1-4H3/b7-6+. The highest BCUT2D eigenvalue weighted by molar-refractivity contribution is 5.91. The molecule has 0 radical (unpaired) electrons. The number of rotatable bonds is 8. The van der Waals surface area contributed by atoms with Crippen molar-refractivity contribution in [3.63, 3.8) is 0 Å². The van der Waals surface area contributed by atoms with Crippen LogP contribution >= 0.6 is 0 Å². The molecule has 116 valence electrons. The molecule has 1 amide bonds. The average Bonchev–Trinajstić information content (AvgIpc) is 2.52. The molecule has 0 aromatic heterocycles. The third-order valence-electron chi connectivity index (χ3n) is 3.01. The minimum absolute atomic E-state index is 0.0483. The lowest BCUT2D eigenvalue weighted by atomic mass is 10.2. The summed E-state index contributed by atoms with van der Waals surface area (Å²) in [6.07, 6.45) is 4.11. The molecule has 1 rings (SSSR count). The summed E-state index contributed by atoms with van der Waals surface area (Å²) >= 11 is 0. The predicted molar refractivity (Wildman–Crippen MR) is 82.7 cm³/mol. The molecule has 0 bridgehead atoms. The summed E-state index contributed by atoms with van der Waals surface area (Å²) in [5.74, 6) is 1.33. The first kappa shape index (κ1) is 17.0. The van der Waals surface area contributed by atoms with E-state index in [1.165, 1.54) is 0 Å². The van der Waals surface area contributed by atoms with E-state index in [9.17, 15) is 4.79 Å². The topological polar surface area (TPSA) is 48.0 Å². The van der Waals surface area contributed by atoms with Crippen molar-refractivity contribution in [2.24, 2.45) is 0 Å². The van der Waals surface area contributed by atoms with Crippen LogP contribution in [0.5, 0.6) is 11.5 Å². The van der Waals surface area contributed by atoms with E-state index in [4.69, 9.17) is 14.2 Å². The normalized spacial score (nSPS) is 10.7. The SMILES string of the molecule is COCCCN(C)C(=O)/C=C/c1cc(OC)cc(OC)c1. The molecule has 0 atom stereocenters. The maximum atomic E-state index is 12.0. The molecule has 1 aromatic carbocycles. The Bertz CT molecular complexity index is 463. The van der Waals surface area contributed by atoms with Crippen LogP contribution in [0, 0.1) is 0 Å². The molecule has 5 heteroatoms. The van der Waals surface area contributed by atoms with Gasteiger partial charge in [0.1, 0.15) is 11.5 Å². The van der Waals surface area contributed by atoms with Crippen molar-refractivity contribution in [2.75, 3.05) is 41.5 Å². The van der Waals surface area contributed by atoms with Crippen LogP contribution in [0.4, 0.5) is 0 Å². The predicted octanol–water partition coefficient (Wildman–Crippen LogP) is 2.21. The number of methoxy groups -OCH3 is 3. The van der Waals surface area contributed by atoms with Crippen molar-refractivity contribution >= 4 is 12.0 Å². The molecule has 0 unspecified atom stereocenters. The maximum absolute atomic E-state index is 12.0. The fourth-order valence-electron chi connectivity index (χ4n) is 1.78. The number of carbonyl (C=O) groups is 1. The van der Waals surface area contributed by atoms with E-state index in [-0.39, 0.29) is 5.91 Å². The number of hydrogen-bond acceptors (Lipinski definition) is 4. The summed E-state index contributed by atoms with van der Waals surface area (Å²) < 4.78 is 15.4. The highest BCUT2D eigenvalue weighted by Crippen LogP contribution is 2.23. The van der Waals surface area contributed by atoms with Gasteiger partial charge in [-0.15, -0.1) is 0 Å². The maximum Gasteiger partial charge on any atom is 0.246 e. The lowest BCUT2D eigenvalue weighted by molar-refractivity contribution is -0.124. The number of amides is 1. The van der Waals surface area contributed by atoms with E-state index >= 15 is 0 Å². The smallest absolute Gasteiger partial charge is 0.246 e. The molecule has 1 aromatic rings. The third-order valence-corrected chi connectivity index (χ3v) is 3.01. The van der Waals surface area contributed by atoms with E-state index in [2.05, 4.69) is 0 Å². The van der Waals surface area contributed by atoms with Crippen molar-refractivity contribution in [3.8, 4) is 11.5 Å². The van der Waals surface area contributed by atoms with Crippen LogP contribution in [-0.2, 0) is 9.53 Å². The summed E-state index contributed by atoms with van der Waals surface area (Å²) in [7, 11) is 6.61. The summed E-state index contributed by atoms with van der Waals surface area (Å²) in [6.45, 7) is 1.31. The Morgan fingerprint density at radius 1 is 1.14 bits per heavy atom. The van der Waals surface area contributed by atoms with Gasteiger partial charge in [-0.3, -0.25) is 4.79 Å². The van der Waals surface area contributed by atoms with Gasteiger partial charge in [0, 0.05) is 39.5 Å². The zero-order valence-corrected chi connectivity index (χ0v) is 13.1. The van der Waals surface area contributed by atoms with E-state index in [0.29, 0.717) is 24.7 Å². The van der Waals surface area contributed by atoms with Crippen molar-refractivity contribution in [2.45, 2.75) is 6.42 Å². The molecule has 0 saturated heterocycles. The van der Waals surface area contributed by atoms with Crippen molar-refractivity contribution in [1.29, 1.82) is 0 Å². The molecule has 0 aliphatic rings. The minimum Gasteiger partial charge on any atom is -0.497 e. The number of ether oxygens (including phenoxy) is 3. The first-order valence-corrected chi connectivity index (χ1v) is 6.76. The molecule has 21 heavy (non-hydrogen) atoms. The van der Waals surface area contributed by atoms with Gasteiger partial charge in [-0.1, -0.05) is 0 Å². The van der Waals surface area contributed by atoms with Crippen LogP contribution < -0.4 is 9.47 Å². The number of carbonyl (C=O) groups excluding carboxylic acids is 1. The van der Waals surface area contributed by atoms with Gasteiger partial charge in [-0.05, 0) is 30.2 Å². The molecular weight excluding hydrogens is 270 g/mol. The molecular formula is C16H23NO4. The quantitative estimate of drug-likeness (QED) is 0.544. The van der Waals surface area contributed by atoms with Crippen LogP contribution in [-0.4, -0.2) is 52.3 Å². The fourth-order valence-corrected chi connectivity index (χ4v) is 1.78. The average molecular weight is 293 g/mol.